The van der Waals surface area contributed by atoms with Crippen molar-refractivity contribution in [1.82, 2.24) is 10.2 Å². The molecule has 2 rings (SSSR count). The summed E-state index contributed by atoms with van der Waals surface area (Å²) in [5, 5.41) is 13.2. The molecule has 0 saturated carbocycles. The molecule has 1 aromatic carbocycles. The number of piperazine rings is 1. The third kappa shape index (κ3) is 4.75. The zero-order valence-corrected chi connectivity index (χ0v) is 11.9. The molecule has 102 valence electrons. The zero-order chi connectivity index (χ0) is 12.1. The second kappa shape index (κ2) is 7.97. The Morgan fingerprint density at radius 1 is 1.44 bits per heavy atom. The summed E-state index contributed by atoms with van der Waals surface area (Å²) in [6.07, 6.45) is 1.01. The van der Waals surface area contributed by atoms with Gasteiger partial charge in [0.25, 0.3) is 0 Å². The van der Waals surface area contributed by atoms with Gasteiger partial charge in [0.1, 0.15) is 0 Å². The fraction of sp³-hybridized carbons (Fsp3) is 0.538. The topological polar surface area (TPSA) is 35.5 Å². The van der Waals surface area contributed by atoms with E-state index in [2.05, 4.69) is 16.3 Å². The van der Waals surface area contributed by atoms with E-state index in [9.17, 15) is 0 Å². The molecule has 18 heavy (non-hydrogen) atoms. The van der Waals surface area contributed by atoms with Crippen LogP contribution < -0.4 is 5.32 Å². The molecule has 1 atom stereocenters. The number of nitrogens with one attached hydrogen (secondary N) is 1. The lowest BCUT2D eigenvalue weighted by atomic mass is 10.1. The predicted molar refractivity (Wildman–Crippen MR) is 77.7 cm³/mol. The van der Waals surface area contributed by atoms with Crippen LogP contribution in [0.4, 0.5) is 0 Å². The van der Waals surface area contributed by atoms with Crippen LogP contribution in [0, 0.1) is 0 Å². The molecular weight excluding hydrogens is 271 g/mol. The average Bonchev–Trinajstić information content (AvgIpc) is 2.37. The van der Waals surface area contributed by atoms with Crippen molar-refractivity contribution < 1.29 is 5.11 Å². The van der Waals surface area contributed by atoms with Gasteiger partial charge in [0.2, 0.25) is 0 Å². The summed E-state index contributed by atoms with van der Waals surface area (Å²) < 4.78 is 0. The molecule has 0 bridgehead atoms. The highest BCUT2D eigenvalue weighted by molar-refractivity contribution is 6.30. The number of hydrogen-bond donors (Lipinski definition) is 2. The van der Waals surface area contributed by atoms with Crippen LogP contribution in [-0.4, -0.2) is 48.8 Å². The number of aliphatic hydroxyl groups excluding tert-OH is 1. The summed E-state index contributed by atoms with van der Waals surface area (Å²) >= 11 is 5.96. The normalized spacial score (nSPS) is 20.4. The number of hydrogen-bond acceptors (Lipinski definition) is 3. The highest BCUT2D eigenvalue weighted by Crippen LogP contribution is 2.11. The van der Waals surface area contributed by atoms with Crippen molar-refractivity contribution >= 4 is 24.0 Å². The predicted octanol–water partition coefficient (Wildman–Crippen LogP) is 1.57. The molecule has 0 amide bonds. The standard InChI is InChI=1S/C13H19ClN2O.ClH/c14-12-3-1-2-11(8-12)4-6-16-7-5-15-13(9-16)10-17;/h1-3,8,13,15,17H,4-7,9-10H2;1H/t13-;/m0./s1. The van der Waals surface area contributed by atoms with Gasteiger partial charge in [-0.3, -0.25) is 0 Å². The quantitative estimate of drug-likeness (QED) is 0.884. The highest BCUT2D eigenvalue weighted by atomic mass is 35.5. The molecule has 0 unspecified atom stereocenters. The minimum atomic E-state index is 0. The van der Waals surface area contributed by atoms with Crippen LogP contribution in [0.15, 0.2) is 24.3 Å². The highest BCUT2D eigenvalue weighted by Gasteiger charge is 2.17. The molecule has 1 aliphatic rings. The lowest BCUT2D eigenvalue weighted by Gasteiger charge is -2.32. The fourth-order valence-corrected chi connectivity index (χ4v) is 2.41. The number of rotatable bonds is 4. The second-order valence-corrected chi connectivity index (χ2v) is 4.95. The smallest absolute Gasteiger partial charge is 0.0597 e. The van der Waals surface area contributed by atoms with E-state index in [-0.39, 0.29) is 25.1 Å². The van der Waals surface area contributed by atoms with Crippen molar-refractivity contribution in [1.29, 1.82) is 0 Å². The van der Waals surface area contributed by atoms with E-state index in [0.717, 1.165) is 37.6 Å². The summed E-state index contributed by atoms with van der Waals surface area (Å²) in [5.74, 6) is 0. The van der Waals surface area contributed by atoms with E-state index < -0.39 is 0 Å². The van der Waals surface area contributed by atoms with Crippen LogP contribution >= 0.6 is 24.0 Å². The number of benzene rings is 1. The Morgan fingerprint density at radius 2 is 2.28 bits per heavy atom. The summed E-state index contributed by atoms with van der Waals surface area (Å²) in [4.78, 5) is 2.39. The Bertz CT molecular complexity index is 363. The first-order valence-electron chi connectivity index (χ1n) is 6.09. The largest absolute Gasteiger partial charge is 0.395 e. The molecule has 5 heteroatoms. The van der Waals surface area contributed by atoms with Gasteiger partial charge in [-0.1, -0.05) is 23.7 Å². The Balaban J connectivity index is 0.00000162. The van der Waals surface area contributed by atoms with Gasteiger partial charge < -0.3 is 15.3 Å². The van der Waals surface area contributed by atoms with Gasteiger partial charge in [0.15, 0.2) is 0 Å². The van der Waals surface area contributed by atoms with Gasteiger partial charge in [-0.25, -0.2) is 0 Å². The van der Waals surface area contributed by atoms with E-state index in [4.69, 9.17) is 16.7 Å². The molecule has 0 spiro atoms. The van der Waals surface area contributed by atoms with Crippen molar-refractivity contribution in [3.63, 3.8) is 0 Å². The minimum absolute atomic E-state index is 0. The molecule has 0 aliphatic carbocycles. The number of aliphatic hydroxyl groups is 1. The first-order valence-corrected chi connectivity index (χ1v) is 6.47. The molecule has 1 aromatic rings. The van der Waals surface area contributed by atoms with Gasteiger partial charge in [0.05, 0.1) is 6.61 Å². The zero-order valence-electron chi connectivity index (χ0n) is 10.3. The van der Waals surface area contributed by atoms with E-state index in [1.165, 1.54) is 5.56 Å². The van der Waals surface area contributed by atoms with Crippen LogP contribution in [0.1, 0.15) is 5.56 Å². The summed E-state index contributed by atoms with van der Waals surface area (Å²) in [6, 6.07) is 8.25. The first-order chi connectivity index (χ1) is 8.28. The minimum Gasteiger partial charge on any atom is -0.395 e. The van der Waals surface area contributed by atoms with Crippen molar-refractivity contribution in [3.8, 4) is 0 Å². The maximum absolute atomic E-state index is 9.12. The number of halogens is 2. The van der Waals surface area contributed by atoms with E-state index in [1.807, 2.05) is 18.2 Å². The van der Waals surface area contributed by atoms with Gasteiger partial charge in [-0.2, -0.15) is 0 Å². The lowest BCUT2D eigenvalue weighted by Crippen LogP contribution is -2.52. The Hall–Kier alpha value is -0.320. The summed E-state index contributed by atoms with van der Waals surface area (Å²) in [5.41, 5.74) is 1.27. The fourth-order valence-electron chi connectivity index (χ4n) is 2.20. The molecule has 1 heterocycles. The van der Waals surface area contributed by atoms with E-state index in [1.54, 1.807) is 0 Å². The Morgan fingerprint density at radius 3 is 3.00 bits per heavy atom. The molecule has 1 fully saturated rings. The first kappa shape index (κ1) is 15.7. The van der Waals surface area contributed by atoms with E-state index in [0.29, 0.717) is 0 Å². The summed E-state index contributed by atoms with van der Waals surface area (Å²) in [7, 11) is 0. The molecular formula is C13H20Cl2N2O. The van der Waals surface area contributed by atoms with Crippen LogP contribution in [0.5, 0.6) is 0 Å². The molecule has 0 radical (unpaired) electrons. The van der Waals surface area contributed by atoms with Gasteiger partial charge in [-0.15, -0.1) is 12.4 Å². The molecule has 1 aliphatic heterocycles. The van der Waals surface area contributed by atoms with Crippen LogP contribution in [0.3, 0.4) is 0 Å². The van der Waals surface area contributed by atoms with Crippen molar-refractivity contribution in [3.05, 3.63) is 34.9 Å². The molecule has 0 aromatic heterocycles. The third-order valence-electron chi connectivity index (χ3n) is 3.17. The van der Waals surface area contributed by atoms with Crippen molar-refractivity contribution in [2.75, 3.05) is 32.8 Å². The average molecular weight is 291 g/mol. The van der Waals surface area contributed by atoms with Crippen LogP contribution in [-0.2, 0) is 6.42 Å². The van der Waals surface area contributed by atoms with Crippen LogP contribution in [0.2, 0.25) is 5.02 Å². The monoisotopic (exact) mass is 290 g/mol. The van der Waals surface area contributed by atoms with Gasteiger partial charge in [0, 0.05) is 37.2 Å². The maximum Gasteiger partial charge on any atom is 0.0597 e. The Labute approximate surface area is 120 Å². The Kier molecular flexibility index (Phi) is 6.97. The summed E-state index contributed by atoms with van der Waals surface area (Å²) in [6.45, 7) is 4.18. The maximum atomic E-state index is 9.12. The lowest BCUT2D eigenvalue weighted by molar-refractivity contribution is 0.149. The second-order valence-electron chi connectivity index (χ2n) is 4.51. The third-order valence-corrected chi connectivity index (χ3v) is 3.40. The van der Waals surface area contributed by atoms with E-state index >= 15 is 0 Å². The molecule has 3 nitrogen and oxygen atoms in total. The van der Waals surface area contributed by atoms with Crippen LogP contribution in [0.25, 0.3) is 0 Å². The molecule has 1 saturated heterocycles. The molecule has 2 N–H and O–H groups in total. The SMILES string of the molecule is Cl.OC[C@@H]1CN(CCc2cccc(Cl)c2)CCN1. The van der Waals surface area contributed by atoms with Gasteiger partial charge in [-0.05, 0) is 24.1 Å². The van der Waals surface area contributed by atoms with Crippen molar-refractivity contribution in [2.24, 2.45) is 0 Å². The van der Waals surface area contributed by atoms with Crippen molar-refractivity contribution in [2.45, 2.75) is 12.5 Å². The number of nitrogens with zero attached hydrogens (tertiary/aromatic N) is 1. The van der Waals surface area contributed by atoms with Gasteiger partial charge >= 0.3 is 0 Å².